The largest absolute Gasteiger partial charge is 0.478 e. The summed E-state index contributed by atoms with van der Waals surface area (Å²) in [6, 6.07) is 5.32. The van der Waals surface area contributed by atoms with E-state index in [0.29, 0.717) is 24.3 Å². The highest BCUT2D eigenvalue weighted by atomic mass is 79.9. The summed E-state index contributed by atoms with van der Waals surface area (Å²) in [5, 5.41) is 9.65. The van der Waals surface area contributed by atoms with E-state index < -0.39 is 12.2 Å². The summed E-state index contributed by atoms with van der Waals surface area (Å²) in [5.41, 5.74) is 0.652. The Bertz CT molecular complexity index is 431. The number of esters is 1. The van der Waals surface area contributed by atoms with Gasteiger partial charge in [0.15, 0.2) is 6.10 Å². The van der Waals surface area contributed by atoms with Gasteiger partial charge in [-0.1, -0.05) is 15.9 Å². The third-order valence-electron chi connectivity index (χ3n) is 2.58. The molecule has 0 bridgehead atoms. The van der Waals surface area contributed by atoms with Crippen molar-refractivity contribution in [3.05, 3.63) is 28.2 Å². The molecule has 0 saturated carbocycles. The smallest absolute Gasteiger partial charge is 0.347 e. The lowest BCUT2D eigenvalue weighted by Gasteiger charge is -2.16. The molecule has 1 aliphatic heterocycles. The van der Waals surface area contributed by atoms with Crippen LogP contribution < -0.4 is 4.74 Å². The predicted octanol–water partition coefficient (Wildman–Crippen LogP) is 2.20. The third-order valence-corrected chi connectivity index (χ3v) is 3.07. The van der Waals surface area contributed by atoms with E-state index in [9.17, 15) is 9.90 Å². The molecule has 0 spiro atoms. The first-order valence-electron chi connectivity index (χ1n) is 5.38. The van der Waals surface area contributed by atoms with Crippen molar-refractivity contribution in [3.63, 3.8) is 0 Å². The number of rotatable bonds is 3. The van der Waals surface area contributed by atoms with Gasteiger partial charge in [0.2, 0.25) is 0 Å². The summed E-state index contributed by atoms with van der Waals surface area (Å²) in [7, 11) is 0. The fraction of sp³-hybridized carbons (Fsp3) is 0.417. The zero-order valence-corrected chi connectivity index (χ0v) is 10.9. The normalized spacial score (nSPS) is 21.1. The zero-order valence-electron chi connectivity index (χ0n) is 9.35. The van der Waals surface area contributed by atoms with Gasteiger partial charge in [-0.25, -0.2) is 4.79 Å². The average Bonchev–Trinajstić information content (AvgIpc) is 2.67. The van der Waals surface area contributed by atoms with Crippen LogP contribution in [0.2, 0.25) is 0 Å². The van der Waals surface area contributed by atoms with Crippen molar-refractivity contribution >= 4 is 21.9 Å². The van der Waals surface area contributed by atoms with Crippen molar-refractivity contribution in [2.24, 2.45) is 0 Å². The minimum absolute atomic E-state index is 0.343. The summed E-state index contributed by atoms with van der Waals surface area (Å²) in [5.74, 6) is 0.177. The van der Waals surface area contributed by atoms with Crippen LogP contribution >= 0.6 is 15.9 Å². The molecule has 0 aromatic heterocycles. The van der Waals surface area contributed by atoms with E-state index in [1.54, 1.807) is 19.1 Å². The molecule has 0 amide bonds. The molecule has 0 radical (unpaired) electrons. The summed E-state index contributed by atoms with van der Waals surface area (Å²) in [6.45, 7) is 2.05. The molecular formula is C12H13BrO4. The van der Waals surface area contributed by atoms with Gasteiger partial charge in [-0.3, -0.25) is 0 Å². The predicted molar refractivity (Wildman–Crippen MR) is 64.8 cm³/mol. The van der Waals surface area contributed by atoms with Gasteiger partial charge in [0, 0.05) is 16.5 Å². The summed E-state index contributed by atoms with van der Waals surface area (Å²) < 4.78 is 11.3. The van der Waals surface area contributed by atoms with Crippen LogP contribution in [-0.4, -0.2) is 23.8 Å². The van der Waals surface area contributed by atoms with E-state index in [1.807, 2.05) is 6.07 Å². The molecule has 1 aliphatic rings. The number of aliphatic hydroxyl groups excluding tert-OH is 1. The summed E-state index contributed by atoms with van der Waals surface area (Å²) in [6.07, 6.45) is -0.665. The Labute approximate surface area is 108 Å². The Balaban J connectivity index is 2.22. The first-order chi connectivity index (χ1) is 8.08. The highest BCUT2D eigenvalue weighted by Gasteiger charge is 2.29. The number of ether oxygens (including phenoxy) is 2. The molecule has 1 heterocycles. The van der Waals surface area contributed by atoms with Gasteiger partial charge in [0.25, 0.3) is 0 Å². The van der Waals surface area contributed by atoms with Gasteiger partial charge in [-0.15, -0.1) is 0 Å². The zero-order chi connectivity index (χ0) is 12.4. The minimum atomic E-state index is -0.653. The van der Waals surface area contributed by atoms with Crippen LogP contribution in [0.1, 0.15) is 25.0 Å². The second kappa shape index (κ2) is 5.06. The Hall–Kier alpha value is -1.07. The van der Waals surface area contributed by atoms with Gasteiger partial charge in [0.05, 0.1) is 12.7 Å². The van der Waals surface area contributed by atoms with Gasteiger partial charge in [-0.05, 0) is 25.1 Å². The molecule has 4 nitrogen and oxygen atoms in total. The lowest BCUT2D eigenvalue weighted by Crippen LogP contribution is -2.22. The third kappa shape index (κ3) is 2.79. The van der Waals surface area contributed by atoms with Crippen LogP contribution in [0.5, 0.6) is 5.75 Å². The van der Waals surface area contributed by atoms with E-state index in [1.165, 1.54) is 0 Å². The Morgan fingerprint density at radius 3 is 2.94 bits per heavy atom. The number of carbonyl (C=O) groups excluding carboxylic acids is 1. The number of hydrogen-bond acceptors (Lipinski definition) is 4. The van der Waals surface area contributed by atoms with Crippen molar-refractivity contribution in [1.29, 1.82) is 0 Å². The molecule has 2 atom stereocenters. The lowest BCUT2D eigenvalue weighted by atomic mass is 10.1. The minimum Gasteiger partial charge on any atom is -0.478 e. The lowest BCUT2D eigenvalue weighted by molar-refractivity contribution is -0.143. The van der Waals surface area contributed by atoms with E-state index in [-0.39, 0.29) is 5.97 Å². The molecule has 17 heavy (non-hydrogen) atoms. The molecule has 0 aliphatic carbocycles. The van der Waals surface area contributed by atoms with E-state index in [0.717, 1.165) is 4.47 Å². The molecular weight excluding hydrogens is 288 g/mol. The molecule has 1 unspecified atom stereocenters. The van der Waals surface area contributed by atoms with Crippen LogP contribution in [0.4, 0.5) is 0 Å². The highest BCUT2D eigenvalue weighted by molar-refractivity contribution is 9.10. The van der Waals surface area contributed by atoms with Crippen LogP contribution in [0.25, 0.3) is 0 Å². The average molecular weight is 301 g/mol. The van der Waals surface area contributed by atoms with Gasteiger partial charge in [-0.2, -0.15) is 0 Å². The number of hydrogen-bond donors (Lipinski definition) is 1. The van der Waals surface area contributed by atoms with E-state index >= 15 is 0 Å². The number of halogens is 1. The maximum Gasteiger partial charge on any atom is 0.347 e. The van der Waals surface area contributed by atoms with E-state index in [4.69, 9.17) is 9.47 Å². The molecule has 1 aromatic carbocycles. The van der Waals surface area contributed by atoms with Crippen molar-refractivity contribution in [2.75, 3.05) is 6.61 Å². The van der Waals surface area contributed by atoms with Crippen LogP contribution in [-0.2, 0) is 9.53 Å². The molecule has 1 fully saturated rings. The molecule has 2 rings (SSSR count). The molecule has 92 valence electrons. The Kier molecular flexibility index (Phi) is 3.69. The second-order valence-electron chi connectivity index (χ2n) is 3.92. The molecule has 1 aromatic rings. The van der Waals surface area contributed by atoms with Crippen molar-refractivity contribution in [2.45, 2.75) is 25.6 Å². The van der Waals surface area contributed by atoms with Crippen molar-refractivity contribution in [1.82, 2.24) is 0 Å². The maximum absolute atomic E-state index is 11.3. The van der Waals surface area contributed by atoms with Gasteiger partial charge < -0.3 is 14.6 Å². The quantitative estimate of drug-likeness (QED) is 0.870. The summed E-state index contributed by atoms with van der Waals surface area (Å²) in [4.78, 5) is 11.3. The maximum atomic E-state index is 11.3. The standard InChI is InChI=1S/C12H13BrO4/c1-7(14)9-6-8(13)2-3-10(9)17-11-4-5-16-12(11)15/h2-3,6-7,11,14H,4-5H2,1H3/t7-,11?/m0/s1. The van der Waals surface area contributed by atoms with Crippen LogP contribution in [0.3, 0.4) is 0 Å². The number of aliphatic hydroxyl groups is 1. The fourth-order valence-electron chi connectivity index (χ4n) is 1.69. The number of carbonyl (C=O) groups is 1. The molecule has 1 N–H and O–H groups in total. The Morgan fingerprint density at radius 1 is 1.59 bits per heavy atom. The topological polar surface area (TPSA) is 55.8 Å². The van der Waals surface area contributed by atoms with Crippen LogP contribution in [0.15, 0.2) is 22.7 Å². The van der Waals surface area contributed by atoms with Crippen molar-refractivity contribution in [3.8, 4) is 5.75 Å². The first-order valence-corrected chi connectivity index (χ1v) is 6.18. The van der Waals surface area contributed by atoms with Crippen molar-refractivity contribution < 1.29 is 19.4 Å². The summed E-state index contributed by atoms with van der Waals surface area (Å²) >= 11 is 3.33. The monoisotopic (exact) mass is 300 g/mol. The van der Waals surface area contributed by atoms with E-state index in [2.05, 4.69) is 15.9 Å². The van der Waals surface area contributed by atoms with Gasteiger partial charge >= 0.3 is 5.97 Å². The highest BCUT2D eigenvalue weighted by Crippen LogP contribution is 2.30. The Morgan fingerprint density at radius 2 is 2.35 bits per heavy atom. The number of benzene rings is 1. The second-order valence-corrected chi connectivity index (χ2v) is 4.84. The number of cyclic esters (lactones) is 1. The fourth-order valence-corrected chi connectivity index (χ4v) is 2.07. The first kappa shape index (κ1) is 12.4. The van der Waals surface area contributed by atoms with Crippen LogP contribution in [0, 0.1) is 0 Å². The molecule has 1 saturated heterocycles. The SMILES string of the molecule is C[C@H](O)c1cc(Br)ccc1OC1CCOC1=O. The van der Waals surface area contributed by atoms with Gasteiger partial charge in [0.1, 0.15) is 5.75 Å². The molecule has 5 heteroatoms.